The summed E-state index contributed by atoms with van der Waals surface area (Å²) in [7, 11) is -3.52. The maximum atomic E-state index is 11.8. The Morgan fingerprint density at radius 2 is 1.81 bits per heavy atom. The van der Waals surface area contributed by atoms with Gasteiger partial charge in [-0.25, -0.2) is 28.4 Å². The van der Waals surface area contributed by atoms with Gasteiger partial charge in [-0.05, 0) is 36.8 Å². The van der Waals surface area contributed by atoms with Crippen molar-refractivity contribution in [1.82, 2.24) is 19.9 Å². The Labute approximate surface area is 180 Å². The van der Waals surface area contributed by atoms with Crippen LogP contribution >= 0.6 is 0 Å². The standard InChI is InChI=1S/C20H23N7O3S/c1-13-10-18(21)23-12-15(13)17-11-16(24-20(25-17)27-6-8-30-9-7-27)14-4-3-5-22-19(14)26-31(2,28)29/h3-5,10-12H,6-9H2,1-2H3,(H2,21,23)(H,22,26). The summed E-state index contributed by atoms with van der Waals surface area (Å²) < 4.78 is 31.6. The molecule has 0 bridgehead atoms. The van der Waals surface area contributed by atoms with Gasteiger partial charge < -0.3 is 15.4 Å². The summed E-state index contributed by atoms with van der Waals surface area (Å²) >= 11 is 0. The Hall–Kier alpha value is -3.31. The van der Waals surface area contributed by atoms with Crippen LogP contribution in [0.1, 0.15) is 5.56 Å². The van der Waals surface area contributed by atoms with Crippen molar-refractivity contribution in [2.24, 2.45) is 0 Å². The molecule has 0 radical (unpaired) electrons. The normalized spacial score (nSPS) is 14.5. The number of hydrogen-bond donors (Lipinski definition) is 2. The van der Waals surface area contributed by atoms with Crippen molar-refractivity contribution in [3.63, 3.8) is 0 Å². The molecule has 0 unspecified atom stereocenters. The number of morpholine rings is 1. The second kappa shape index (κ2) is 8.44. The third kappa shape index (κ3) is 4.89. The average molecular weight is 442 g/mol. The number of hydrogen-bond acceptors (Lipinski definition) is 9. The molecule has 1 aliphatic heterocycles. The van der Waals surface area contributed by atoms with Gasteiger partial charge in [-0.15, -0.1) is 0 Å². The maximum Gasteiger partial charge on any atom is 0.230 e. The van der Waals surface area contributed by atoms with Gasteiger partial charge in [-0.2, -0.15) is 0 Å². The first-order chi connectivity index (χ1) is 14.8. The smallest absolute Gasteiger partial charge is 0.230 e. The monoisotopic (exact) mass is 441 g/mol. The van der Waals surface area contributed by atoms with Crippen molar-refractivity contribution in [1.29, 1.82) is 0 Å². The van der Waals surface area contributed by atoms with Crippen molar-refractivity contribution >= 4 is 27.6 Å². The number of sulfonamides is 1. The molecule has 0 aliphatic carbocycles. The lowest BCUT2D eigenvalue weighted by molar-refractivity contribution is 0.122. The maximum absolute atomic E-state index is 11.8. The number of anilines is 3. The topological polar surface area (TPSA) is 136 Å². The van der Waals surface area contributed by atoms with Gasteiger partial charge in [0.25, 0.3) is 0 Å². The van der Waals surface area contributed by atoms with E-state index in [4.69, 9.17) is 20.4 Å². The average Bonchev–Trinajstić information content (AvgIpc) is 2.73. The minimum Gasteiger partial charge on any atom is -0.384 e. The van der Waals surface area contributed by atoms with E-state index in [2.05, 4.69) is 14.7 Å². The van der Waals surface area contributed by atoms with Crippen molar-refractivity contribution in [2.45, 2.75) is 6.92 Å². The predicted octanol–water partition coefficient (Wildman–Crippen LogP) is 1.70. The van der Waals surface area contributed by atoms with Crippen LogP contribution in [0.3, 0.4) is 0 Å². The summed E-state index contributed by atoms with van der Waals surface area (Å²) in [5.74, 6) is 1.16. The number of aryl methyl sites for hydroxylation is 1. The highest BCUT2D eigenvalue weighted by molar-refractivity contribution is 7.92. The minimum absolute atomic E-state index is 0.203. The van der Waals surface area contributed by atoms with Crippen LogP contribution < -0.4 is 15.4 Å². The lowest BCUT2D eigenvalue weighted by atomic mass is 10.1. The van der Waals surface area contributed by atoms with Crippen molar-refractivity contribution in [3.05, 3.63) is 42.2 Å². The number of aromatic nitrogens is 4. The number of pyridine rings is 2. The van der Waals surface area contributed by atoms with Gasteiger partial charge in [0.15, 0.2) is 0 Å². The molecule has 31 heavy (non-hydrogen) atoms. The van der Waals surface area contributed by atoms with Crippen LogP contribution in [0.5, 0.6) is 0 Å². The third-order valence-electron chi connectivity index (χ3n) is 4.78. The van der Waals surface area contributed by atoms with Crippen molar-refractivity contribution < 1.29 is 13.2 Å². The summed E-state index contributed by atoms with van der Waals surface area (Å²) in [4.78, 5) is 19.9. The Bertz CT molecular complexity index is 1210. The van der Waals surface area contributed by atoms with Crippen LogP contribution in [0, 0.1) is 6.92 Å². The van der Waals surface area contributed by atoms with Gasteiger partial charge in [0, 0.05) is 36.6 Å². The van der Waals surface area contributed by atoms with Crippen LogP contribution in [0.4, 0.5) is 17.6 Å². The predicted molar refractivity (Wildman–Crippen MR) is 119 cm³/mol. The molecule has 4 heterocycles. The molecule has 1 fully saturated rings. The van der Waals surface area contributed by atoms with Crippen LogP contribution in [-0.2, 0) is 14.8 Å². The summed E-state index contributed by atoms with van der Waals surface area (Å²) in [6.07, 6.45) is 4.29. The SMILES string of the molecule is Cc1cc(N)ncc1-c1cc(-c2cccnc2NS(C)(=O)=O)nc(N2CCOCC2)n1. The van der Waals surface area contributed by atoms with Gasteiger partial charge in [0.05, 0.1) is 30.9 Å². The Morgan fingerprint density at radius 1 is 1.10 bits per heavy atom. The molecule has 11 heteroatoms. The quantitative estimate of drug-likeness (QED) is 0.606. The zero-order valence-electron chi connectivity index (χ0n) is 17.2. The fraction of sp³-hybridized carbons (Fsp3) is 0.300. The van der Waals surface area contributed by atoms with E-state index in [9.17, 15) is 8.42 Å². The first kappa shape index (κ1) is 20.9. The largest absolute Gasteiger partial charge is 0.384 e. The van der Waals surface area contributed by atoms with Gasteiger partial charge in [0.2, 0.25) is 16.0 Å². The Balaban J connectivity index is 1.88. The third-order valence-corrected chi connectivity index (χ3v) is 5.35. The molecule has 3 aromatic rings. The molecule has 0 spiro atoms. The summed E-state index contributed by atoms with van der Waals surface area (Å²) in [6, 6.07) is 7.08. The molecule has 3 aromatic heterocycles. The highest BCUT2D eigenvalue weighted by Crippen LogP contribution is 2.31. The van der Waals surface area contributed by atoms with Crippen molar-refractivity contribution in [3.8, 4) is 22.5 Å². The van der Waals surface area contributed by atoms with E-state index in [1.165, 1.54) is 6.20 Å². The van der Waals surface area contributed by atoms with E-state index in [1.807, 2.05) is 11.8 Å². The zero-order valence-corrected chi connectivity index (χ0v) is 18.1. The summed E-state index contributed by atoms with van der Waals surface area (Å²) in [5, 5.41) is 0. The molecule has 0 saturated carbocycles. The van der Waals surface area contributed by atoms with E-state index in [0.717, 1.165) is 17.4 Å². The van der Waals surface area contributed by atoms with Gasteiger partial charge >= 0.3 is 0 Å². The van der Waals surface area contributed by atoms with Crippen molar-refractivity contribution in [2.75, 3.05) is 47.9 Å². The molecule has 4 rings (SSSR count). The summed E-state index contributed by atoms with van der Waals surface area (Å²) in [5.41, 5.74) is 9.30. The van der Waals surface area contributed by atoms with E-state index in [1.54, 1.807) is 30.5 Å². The Kier molecular flexibility index (Phi) is 5.70. The minimum atomic E-state index is -3.52. The lowest BCUT2D eigenvalue weighted by Crippen LogP contribution is -2.37. The molecule has 0 amide bonds. The number of nitrogens with two attached hydrogens (primary N) is 1. The molecule has 0 aromatic carbocycles. The van der Waals surface area contributed by atoms with E-state index >= 15 is 0 Å². The number of nitrogens with one attached hydrogen (secondary N) is 1. The highest BCUT2D eigenvalue weighted by Gasteiger charge is 2.20. The molecular weight excluding hydrogens is 418 g/mol. The van der Waals surface area contributed by atoms with Gasteiger partial charge in [-0.1, -0.05) is 0 Å². The molecule has 0 atom stereocenters. The van der Waals surface area contributed by atoms with E-state index in [-0.39, 0.29) is 5.82 Å². The fourth-order valence-corrected chi connectivity index (χ4v) is 3.84. The lowest BCUT2D eigenvalue weighted by Gasteiger charge is -2.27. The number of nitrogens with zero attached hydrogens (tertiary/aromatic N) is 5. The van der Waals surface area contributed by atoms with Crippen LogP contribution in [0.25, 0.3) is 22.5 Å². The van der Waals surface area contributed by atoms with Crippen LogP contribution in [-0.4, -0.2) is 60.9 Å². The zero-order chi connectivity index (χ0) is 22.0. The number of rotatable bonds is 5. The second-order valence-corrected chi connectivity index (χ2v) is 8.98. The molecule has 162 valence electrons. The fourth-order valence-electron chi connectivity index (χ4n) is 3.33. The van der Waals surface area contributed by atoms with E-state index in [0.29, 0.717) is 55.0 Å². The van der Waals surface area contributed by atoms with Crippen LogP contribution in [0.2, 0.25) is 0 Å². The number of ether oxygens (including phenoxy) is 1. The molecule has 1 saturated heterocycles. The number of nitrogen functional groups attached to an aromatic ring is 1. The van der Waals surface area contributed by atoms with Gasteiger partial charge in [0.1, 0.15) is 11.6 Å². The highest BCUT2D eigenvalue weighted by atomic mass is 32.2. The molecule has 3 N–H and O–H groups in total. The molecule has 1 aliphatic rings. The molecular formula is C20H23N7O3S. The second-order valence-electron chi connectivity index (χ2n) is 7.24. The van der Waals surface area contributed by atoms with Crippen LogP contribution in [0.15, 0.2) is 36.7 Å². The Morgan fingerprint density at radius 3 is 2.48 bits per heavy atom. The molecule has 10 nitrogen and oxygen atoms in total. The van der Waals surface area contributed by atoms with E-state index < -0.39 is 10.0 Å². The van der Waals surface area contributed by atoms with Gasteiger partial charge in [-0.3, -0.25) is 4.72 Å². The summed E-state index contributed by atoms with van der Waals surface area (Å²) in [6.45, 7) is 4.41. The first-order valence-corrected chi connectivity index (χ1v) is 11.6. The first-order valence-electron chi connectivity index (χ1n) is 9.67.